The fourth-order valence-electron chi connectivity index (χ4n) is 5.69. The highest BCUT2D eigenvalue weighted by atomic mass is 16.2. The van der Waals surface area contributed by atoms with Gasteiger partial charge < -0.3 is 4.90 Å². The summed E-state index contributed by atoms with van der Waals surface area (Å²) in [5.41, 5.74) is 4.96. The highest BCUT2D eigenvalue weighted by molar-refractivity contribution is 6.16. The minimum Gasteiger partial charge on any atom is -0.300 e. The van der Waals surface area contributed by atoms with Crippen molar-refractivity contribution in [3.63, 3.8) is 0 Å². The van der Waals surface area contributed by atoms with Crippen LogP contribution in [0.25, 0.3) is 21.8 Å². The van der Waals surface area contributed by atoms with Crippen molar-refractivity contribution in [1.82, 2.24) is 4.57 Å². The molecule has 7 rings (SSSR count). The monoisotopic (exact) mass is 466 g/mol. The van der Waals surface area contributed by atoms with Gasteiger partial charge in [0.1, 0.15) is 0 Å². The van der Waals surface area contributed by atoms with Crippen molar-refractivity contribution in [3.8, 4) is 0 Å². The number of carbonyl (C=O) groups is 2. The molecule has 1 aliphatic heterocycles. The molecule has 36 heavy (non-hydrogen) atoms. The van der Waals surface area contributed by atoms with Crippen molar-refractivity contribution in [2.24, 2.45) is 0 Å². The lowest BCUT2D eigenvalue weighted by Gasteiger charge is -2.26. The molecule has 2 aliphatic rings. The maximum absolute atomic E-state index is 13.7. The highest BCUT2D eigenvalue weighted by Crippen LogP contribution is 2.44. The molecular weight excluding hydrogens is 444 g/mol. The number of para-hydroxylation sites is 3. The molecule has 0 N–H and O–H groups in total. The third kappa shape index (κ3) is 2.94. The van der Waals surface area contributed by atoms with Crippen LogP contribution >= 0.6 is 0 Å². The molecule has 4 aromatic carbocycles. The Morgan fingerprint density at radius 1 is 0.583 bits per heavy atom. The number of hydrogen-bond donors (Lipinski definition) is 0. The van der Waals surface area contributed by atoms with Crippen molar-refractivity contribution >= 4 is 39.3 Å². The fraction of sp³-hybridized carbons (Fsp3) is 0.0625. The van der Waals surface area contributed by atoms with Crippen LogP contribution in [0.15, 0.2) is 121 Å². The number of hydrogen-bond acceptors (Lipinski definition) is 2. The van der Waals surface area contributed by atoms with E-state index in [-0.39, 0.29) is 23.8 Å². The Hall–Kier alpha value is -4.70. The van der Waals surface area contributed by atoms with E-state index in [4.69, 9.17) is 0 Å². The molecule has 2 atom stereocenters. The minimum atomic E-state index is -0.113. The van der Waals surface area contributed by atoms with Crippen LogP contribution < -0.4 is 4.90 Å². The zero-order valence-corrected chi connectivity index (χ0v) is 19.4. The summed E-state index contributed by atoms with van der Waals surface area (Å²) in [6.07, 6.45) is 8.29. The molecule has 0 radical (unpaired) electrons. The lowest BCUT2D eigenvalue weighted by atomic mass is 9.91. The molecule has 0 fully saturated rings. The van der Waals surface area contributed by atoms with Crippen LogP contribution in [-0.2, 0) is 0 Å². The first-order valence-electron chi connectivity index (χ1n) is 12.1. The summed E-state index contributed by atoms with van der Waals surface area (Å²) in [5, 5.41) is 2.09. The second-order valence-electron chi connectivity index (χ2n) is 9.27. The molecule has 172 valence electrons. The third-order valence-electron chi connectivity index (χ3n) is 7.34. The first-order valence-corrected chi connectivity index (χ1v) is 12.1. The van der Waals surface area contributed by atoms with E-state index in [9.17, 15) is 9.59 Å². The lowest BCUT2D eigenvalue weighted by Crippen LogP contribution is -2.38. The largest absolute Gasteiger partial charge is 0.300 e. The van der Waals surface area contributed by atoms with Crippen LogP contribution in [-0.4, -0.2) is 22.4 Å². The summed E-state index contributed by atoms with van der Waals surface area (Å²) < 4.78 is 1.77. The molecule has 0 saturated carbocycles. The van der Waals surface area contributed by atoms with Crippen LogP contribution in [0, 0.1) is 0 Å². The molecule has 0 saturated heterocycles. The minimum absolute atomic E-state index is 0.0428. The van der Waals surface area contributed by atoms with Gasteiger partial charge >= 0.3 is 0 Å². The normalized spacial score (nSPS) is 17.9. The molecule has 1 amide bonds. The van der Waals surface area contributed by atoms with E-state index in [1.54, 1.807) is 28.8 Å². The summed E-state index contributed by atoms with van der Waals surface area (Å²) in [5.74, 6) is -0.0181. The number of rotatable bonds is 2. The number of anilines is 1. The van der Waals surface area contributed by atoms with Gasteiger partial charge in [0.25, 0.3) is 11.8 Å². The van der Waals surface area contributed by atoms with Crippen molar-refractivity contribution in [2.45, 2.75) is 12.0 Å². The second kappa shape index (κ2) is 7.92. The summed E-state index contributed by atoms with van der Waals surface area (Å²) in [6.45, 7) is 0. The van der Waals surface area contributed by atoms with Crippen molar-refractivity contribution < 1.29 is 9.59 Å². The van der Waals surface area contributed by atoms with Gasteiger partial charge in [-0.15, -0.1) is 0 Å². The van der Waals surface area contributed by atoms with E-state index in [2.05, 4.69) is 18.2 Å². The van der Waals surface area contributed by atoms with Crippen LogP contribution in [0.2, 0.25) is 0 Å². The van der Waals surface area contributed by atoms with Gasteiger partial charge in [0, 0.05) is 33.5 Å². The van der Waals surface area contributed by atoms with Gasteiger partial charge in [0.05, 0.1) is 17.1 Å². The molecule has 1 aliphatic carbocycles. The van der Waals surface area contributed by atoms with Crippen molar-refractivity contribution in [2.75, 3.05) is 4.90 Å². The average Bonchev–Trinajstić information content (AvgIpc) is 3.46. The van der Waals surface area contributed by atoms with Crippen LogP contribution in [0.1, 0.15) is 32.2 Å². The third-order valence-corrected chi connectivity index (χ3v) is 7.34. The number of fused-ring (bicyclic) bond motifs is 6. The topological polar surface area (TPSA) is 42.3 Å². The molecule has 4 nitrogen and oxygen atoms in total. The summed E-state index contributed by atoms with van der Waals surface area (Å²) in [4.78, 5) is 29.3. The smallest absolute Gasteiger partial charge is 0.262 e. The molecule has 0 spiro atoms. The van der Waals surface area contributed by atoms with Crippen molar-refractivity contribution in [3.05, 3.63) is 138 Å². The van der Waals surface area contributed by atoms with Gasteiger partial charge in [0.15, 0.2) is 0 Å². The Labute approximate surface area is 208 Å². The summed E-state index contributed by atoms with van der Waals surface area (Å²) >= 11 is 0. The SMILES string of the molecule is O=C(c1ccc(C(=O)n2c3ccccc3c3ccccc32)cc1)N1c2ccccc2C2C=CC=CC21. The molecule has 2 unspecified atom stereocenters. The summed E-state index contributed by atoms with van der Waals surface area (Å²) in [6, 6.07) is 31.0. The lowest BCUT2D eigenvalue weighted by molar-refractivity contribution is 0.0962. The Kier molecular flexibility index (Phi) is 4.55. The molecule has 0 bridgehead atoms. The predicted molar refractivity (Wildman–Crippen MR) is 144 cm³/mol. The van der Waals surface area contributed by atoms with E-state index >= 15 is 0 Å². The number of carbonyl (C=O) groups excluding carboxylic acids is 2. The zero-order chi connectivity index (χ0) is 24.2. The van der Waals surface area contributed by atoms with E-state index < -0.39 is 0 Å². The number of nitrogens with zero attached hydrogens (tertiary/aromatic N) is 2. The van der Waals surface area contributed by atoms with Crippen LogP contribution in [0.4, 0.5) is 5.69 Å². The Balaban J connectivity index is 1.25. The van der Waals surface area contributed by atoms with Crippen LogP contribution in [0.5, 0.6) is 0 Å². The zero-order valence-electron chi connectivity index (χ0n) is 19.4. The Morgan fingerprint density at radius 2 is 1.14 bits per heavy atom. The number of aromatic nitrogens is 1. The highest BCUT2D eigenvalue weighted by Gasteiger charge is 2.39. The number of benzene rings is 4. The van der Waals surface area contributed by atoms with Gasteiger partial charge in [-0.3, -0.25) is 14.2 Å². The first kappa shape index (κ1) is 20.7. The van der Waals surface area contributed by atoms with Crippen LogP contribution in [0.3, 0.4) is 0 Å². The molecule has 5 aromatic rings. The van der Waals surface area contributed by atoms with E-state index in [1.165, 1.54) is 0 Å². The quantitative estimate of drug-likeness (QED) is 0.290. The van der Waals surface area contributed by atoms with Gasteiger partial charge in [0.2, 0.25) is 0 Å². The number of amides is 1. The predicted octanol–water partition coefficient (Wildman–Crippen LogP) is 6.72. The fourth-order valence-corrected chi connectivity index (χ4v) is 5.69. The Morgan fingerprint density at radius 3 is 1.83 bits per heavy atom. The summed E-state index contributed by atoms with van der Waals surface area (Å²) in [7, 11) is 0. The maximum Gasteiger partial charge on any atom is 0.262 e. The van der Waals surface area contributed by atoms with E-state index in [1.807, 2.05) is 83.8 Å². The molecular formula is C32H22N2O2. The molecule has 1 aromatic heterocycles. The van der Waals surface area contributed by atoms with Gasteiger partial charge in [-0.25, -0.2) is 0 Å². The van der Waals surface area contributed by atoms with Gasteiger partial charge in [-0.1, -0.05) is 78.9 Å². The van der Waals surface area contributed by atoms with E-state index in [0.717, 1.165) is 33.1 Å². The van der Waals surface area contributed by atoms with E-state index in [0.29, 0.717) is 11.1 Å². The second-order valence-corrected chi connectivity index (χ2v) is 9.27. The molecule has 2 heterocycles. The van der Waals surface area contributed by atoms with Gasteiger partial charge in [-0.05, 0) is 48.0 Å². The van der Waals surface area contributed by atoms with Gasteiger partial charge in [-0.2, -0.15) is 0 Å². The maximum atomic E-state index is 13.7. The first-order chi connectivity index (χ1) is 17.7. The standard InChI is InChI=1S/C32H22N2O2/c35-31(33-27-13-5-1-9-23(27)24-10-2-6-14-28(24)33)21-17-19-22(20-18-21)32(36)34-29-15-7-3-11-25(29)26-12-4-8-16-30(26)34/h1-20,23,27H. The molecule has 4 heteroatoms. The van der Waals surface area contributed by atoms with Crippen molar-refractivity contribution in [1.29, 1.82) is 0 Å². The Bertz CT molecular complexity index is 1690. The average molecular weight is 467 g/mol. The number of allylic oxidation sites excluding steroid dienone is 2.